The maximum absolute atomic E-state index is 12.0. The number of carbonyl (C=O) groups is 1. The standard InChI is InChI=1S/C13H17ClN2O2/c1-8-3-2-4-9(5-8)18-13(17)10-6-12(14)16-7-11(10)15/h6-9H,2-5,15H2,1H3. The summed E-state index contributed by atoms with van der Waals surface area (Å²) in [5.41, 5.74) is 6.30. The third-order valence-corrected chi connectivity index (χ3v) is 3.49. The average Bonchev–Trinajstić information content (AvgIpc) is 2.32. The van der Waals surface area contributed by atoms with Crippen LogP contribution in [0.5, 0.6) is 0 Å². The van der Waals surface area contributed by atoms with Gasteiger partial charge in [0.2, 0.25) is 0 Å². The van der Waals surface area contributed by atoms with Crippen molar-refractivity contribution in [3.63, 3.8) is 0 Å². The number of pyridine rings is 1. The summed E-state index contributed by atoms with van der Waals surface area (Å²) in [6.07, 6.45) is 5.53. The van der Waals surface area contributed by atoms with Crippen molar-refractivity contribution >= 4 is 23.3 Å². The number of ether oxygens (including phenoxy) is 1. The van der Waals surface area contributed by atoms with Gasteiger partial charge in [-0.2, -0.15) is 0 Å². The van der Waals surface area contributed by atoms with Crippen LogP contribution >= 0.6 is 11.6 Å². The lowest BCUT2D eigenvalue weighted by Crippen LogP contribution is -2.25. The SMILES string of the molecule is CC1CCCC(OC(=O)c2cc(Cl)ncc2N)C1. The van der Waals surface area contributed by atoms with E-state index in [1.807, 2.05) is 0 Å². The smallest absolute Gasteiger partial charge is 0.340 e. The molecule has 0 spiro atoms. The summed E-state index contributed by atoms with van der Waals surface area (Å²) < 4.78 is 5.48. The van der Waals surface area contributed by atoms with E-state index in [1.54, 1.807) is 0 Å². The molecule has 18 heavy (non-hydrogen) atoms. The minimum absolute atomic E-state index is 0.00686. The predicted octanol–water partition coefficient (Wildman–Crippen LogP) is 3.05. The summed E-state index contributed by atoms with van der Waals surface area (Å²) in [5, 5.41) is 0.244. The van der Waals surface area contributed by atoms with Gasteiger partial charge in [-0.25, -0.2) is 9.78 Å². The van der Waals surface area contributed by atoms with Crippen LogP contribution in [-0.4, -0.2) is 17.1 Å². The van der Waals surface area contributed by atoms with Gasteiger partial charge in [0.1, 0.15) is 11.3 Å². The van der Waals surface area contributed by atoms with Crippen molar-refractivity contribution in [3.05, 3.63) is 23.0 Å². The highest BCUT2D eigenvalue weighted by molar-refractivity contribution is 6.29. The van der Waals surface area contributed by atoms with Gasteiger partial charge in [0.05, 0.1) is 17.4 Å². The van der Waals surface area contributed by atoms with E-state index in [1.165, 1.54) is 18.7 Å². The van der Waals surface area contributed by atoms with Crippen molar-refractivity contribution in [2.45, 2.75) is 38.7 Å². The molecule has 98 valence electrons. The molecule has 1 saturated carbocycles. The minimum Gasteiger partial charge on any atom is -0.459 e. The third-order valence-electron chi connectivity index (χ3n) is 3.28. The summed E-state index contributed by atoms with van der Waals surface area (Å²) in [4.78, 5) is 15.8. The molecule has 1 aromatic heterocycles. The normalized spacial score (nSPS) is 23.7. The van der Waals surface area contributed by atoms with Crippen LogP contribution in [0.4, 0.5) is 5.69 Å². The average molecular weight is 269 g/mol. The Kier molecular flexibility index (Phi) is 4.07. The summed E-state index contributed by atoms with van der Waals surface area (Å²) in [6, 6.07) is 1.45. The molecule has 4 nitrogen and oxygen atoms in total. The van der Waals surface area contributed by atoms with Gasteiger partial charge in [-0.05, 0) is 31.2 Å². The summed E-state index contributed by atoms with van der Waals surface area (Å²) in [5.74, 6) is 0.200. The number of aromatic nitrogens is 1. The predicted molar refractivity (Wildman–Crippen MR) is 70.5 cm³/mol. The molecule has 0 saturated heterocycles. The van der Waals surface area contributed by atoms with E-state index < -0.39 is 5.97 Å². The highest BCUT2D eigenvalue weighted by Gasteiger charge is 2.23. The largest absolute Gasteiger partial charge is 0.459 e. The number of anilines is 1. The van der Waals surface area contributed by atoms with Gasteiger partial charge in [0.15, 0.2) is 0 Å². The monoisotopic (exact) mass is 268 g/mol. The maximum atomic E-state index is 12.0. The zero-order valence-electron chi connectivity index (χ0n) is 10.4. The van der Waals surface area contributed by atoms with Gasteiger partial charge in [0, 0.05) is 0 Å². The van der Waals surface area contributed by atoms with E-state index >= 15 is 0 Å². The quantitative estimate of drug-likeness (QED) is 0.661. The Morgan fingerprint density at radius 2 is 2.33 bits per heavy atom. The molecule has 0 amide bonds. The number of nitrogens with two attached hydrogens (primary N) is 1. The lowest BCUT2D eigenvalue weighted by molar-refractivity contribution is 0.0156. The molecule has 1 fully saturated rings. The number of halogens is 1. The van der Waals surface area contributed by atoms with Crippen molar-refractivity contribution in [3.8, 4) is 0 Å². The van der Waals surface area contributed by atoms with E-state index in [2.05, 4.69) is 11.9 Å². The topological polar surface area (TPSA) is 65.2 Å². The van der Waals surface area contributed by atoms with Crippen LogP contribution in [0.15, 0.2) is 12.3 Å². The molecule has 2 unspecified atom stereocenters. The molecule has 2 N–H and O–H groups in total. The summed E-state index contributed by atoms with van der Waals surface area (Å²) in [6.45, 7) is 2.18. The minimum atomic E-state index is -0.407. The van der Waals surface area contributed by atoms with E-state index in [0.717, 1.165) is 19.3 Å². The van der Waals surface area contributed by atoms with Crippen LogP contribution in [0.25, 0.3) is 0 Å². The van der Waals surface area contributed by atoms with Gasteiger partial charge in [-0.1, -0.05) is 24.9 Å². The number of nitrogen functional groups attached to an aromatic ring is 1. The Balaban J connectivity index is 2.05. The van der Waals surface area contributed by atoms with Gasteiger partial charge in [-0.3, -0.25) is 0 Å². The Bertz CT molecular complexity index is 451. The second-order valence-corrected chi connectivity index (χ2v) is 5.28. The second-order valence-electron chi connectivity index (χ2n) is 4.89. The molecule has 0 radical (unpaired) electrons. The fourth-order valence-electron chi connectivity index (χ4n) is 2.32. The first-order valence-electron chi connectivity index (χ1n) is 6.18. The second kappa shape index (κ2) is 5.57. The zero-order chi connectivity index (χ0) is 13.1. The number of esters is 1. The molecule has 0 aromatic carbocycles. The first-order valence-corrected chi connectivity index (χ1v) is 6.56. The Morgan fingerprint density at radius 1 is 1.56 bits per heavy atom. The van der Waals surface area contributed by atoms with E-state index in [9.17, 15) is 4.79 Å². The molecule has 0 aliphatic heterocycles. The Labute approximate surface area is 111 Å². The number of rotatable bonds is 2. The molecule has 2 rings (SSSR count). The molecule has 1 aromatic rings. The highest BCUT2D eigenvalue weighted by Crippen LogP contribution is 2.27. The fraction of sp³-hybridized carbons (Fsp3) is 0.538. The van der Waals surface area contributed by atoms with Crippen LogP contribution in [0.1, 0.15) is 43.0 Å². The van der Waals surface area contributed by atoms with E-state index in [0.29, 0.717) is 17.2 Å². The zero-order valence-corrected chi connectivity index (χ0v) is 11.1. The first-order chi connectivity index (χ1) is 8.56. The van der Waals surface area contributed by atoms with Gasteiger partial charge < -0.3 is 10.5 Å². The Morgan fingerprint density at radius 3 is 3.06 bits per heavy atom. The van der Waals surface area contributed by atoms with Crippen LogP contribution in [-0.2, 0) is 4.74 Å². The summed E-state index contributed by atoms with van der Waals surface area (Å²) >= 11 is 5.75. The maximum Gasteiger partial charge on any atom is 0.340 e. The molecule has 1 aliphatic rings. The first kappa shape index (κ1) is 13.1. The Hall–Kier alpha value is -1.29. The van der Waals surface area contributed by atoms with Crippen molar-refractivity contribution in [1.29, 1.82) is 0 Å². The van der Waals surface area contributed by atoms with Gasteiger partial charge >= 0.3 is 5.97 Å². The molecule has 1 heterocycles. The molecule has 5 heteroatoms. The molecular weight excluding hydrogens is 252 g/mol. The fourth-order valence-corrected chi connectivity index (χ4v) is 2.48. The third kappa shape index (κ3) is 3.13. The van der Waals surface area contributed by atoms with Crippen LogP contribution in [0.2, 0.25) is 5.15 Å². The van der Waals surface area contributed by atoms with Crippen LogP contribution < -0.4 is 5.73 Å². The van der Waals surface area contributed by atoms with Crippen molar-refractivity contribution < 1.29 is 9.53 Å². The molecule has 1 aliphatic carbocycles. The number of hydrogen-bond acceptors (Lipinski definition) is 4. The number of carbonyl (C=O) groups excluding carboxylic acids is 1. The summed E-state index contributed by atoms with van der Waals surface area (Å²) in [7, 11) is 0. The van der Waals surface area contributed by atoms with Gasteiger partial charge in [0.25, 0.3) is 0 Å². The highest BCUT2D eigenvalue weighted by atomic mass is 35.5. The molecule has 2 atom stereocenters. The van der Waals surface area contributed by atoms with E-state index in [-0.39, 0.29) is 11.3 Å². The van der Waals surface area contributed by atoms with E-state index in [4.69, 9.17) is 22.1 Å². The number of hydrogen-bond donors (Lipinski definition) is 1. The van der Waals surface area contributed by atoms with Crippen LogP contribution in [0.3, 0.4) is 0 Å². The lowest BCUT2D eigenvalue weighted by Gasteiger charge is -2.26. The number of nitrogens with zero attached hydrogens (tertiary/aromatic N) is 1. The van der Waals surface area contributed by atoms with Crippen LogP contribution in [0, 0.1) is 5.92 Å². The van der Waals surface area contributed by atoms with Crippen molar-refractivity contribution in [2.24, 2.45) is 5.92 Å². The van der Waals surface area contributed by atoms with Crippen molar-refractivity contribution in [2.75, 3.05) is 5.73 Å². The molecular formula is C13H17ClN2O2. The van der Waals surface area contributed by atoms with Gasteiger partial charge in [-0.15, -0.1) is 0 Å². The lowest BCUT2D eigenvalue weighted by atomic mass is 9.89. The van der Waals surface area contributed by atoms with Crippen molar-refractivity contribution in [1.82, 2.24) is 4.98 Å². The molecule has 0 bridgehead atoms.